The third-order valence-electron chi connectivity index (χ3n) is 1.66. The highest BCUT2D eigenvalue weighted by Gasteiger charge is 2.07. The zero-order valence-corrected chi connectivity index (χ0v) is 6.58. The Morgan fingerprint density at radius 1 is 1.73 bits per heavy atom. The Kier molecular flexibility index (Phi) is 2.68. The fraction of sp³-hybridized carbons (Fsp3) is 0.500. The van der Waals surface area contributed by atoms with Crippen molar-refractivity contribution in [2.45, 2.75) is 19.4 Å². The van der Waals surface area contributed by atoms with Gasteiger partial charge in [-0.2, -0.15) is 0 Å². The summed E-state index contributed by atoms with van der Waals surface area (Å²) in [4.78, 5) is 0. The van der Waals surface area contributed by atoms with Gasteiger partial charge >= 0.3 is 0 Å². The zero-order valence-electron chi connectivity index (χ0n) is 6.58. The molecular formula is C8H13NO2. The molecule has 1 atom stereocenters. The van der Waals surface area contributed by atoms with E-state index in [0.29, 0.717) is 6.42 Å². The summed E-state index contributed by atoms with van der Waals surface area (Å²) in [6, 6.07) is 1.87. The van der Waals surface area contributed by atoms with Gasteiger partial charge in [0.05, 0.1) is 12.4 Å². The Balaban J connectivity index is 2.56. The van der Waals surface area contributed by atoms with Gasteiger partial charge in [0, 0.05) is 13.0 Å². The Hall–Kier alpha value is -0.800. The molecule has 0 saturated heterocycles. The lowest BCUT2D eigenvalue weighted by Crippen LogP contribution is -2.21. The Bertz CT molecular complexity index is 220. The molecule has 3 nitrogen and oxygen atoms in total. The minimum absolute atomic E-state index is 0.278. The number of aliphatic hydroxyl groups is 1. The van der Waals surface area contributed by atoms with Crippen molar-refractivity contribution in [2.24, 2.45) is 5.73 Å². The van der Waals surface area contributed by atoms with E-state index in [9.17, 15) is 0 Å². The van der Waals surface area contributed by atoms with Crippen molar-refractivity contribution >= 4 is 0 Å². The molecule has 62 valence electrons. The first-order valence-electron chi connectivity index (χ1n) is 3.65. The SMILES string of the molecule is Cc1ccoc1CC(O)CN. The molecule has 0 aliphatic heterocycles. The summed E-state index contributed by atoms with van der Waals surface area (Å²) in [6.07, 6.45) is 1.64. The van der Waals surface area contributed by atoms with Crippen LogP contribution >= 0.6 is 0 Å². The Morgan fingerprint density at radius 3 is 2.91 bits per heavy atom. The second kappa shape index (κ2) is 3.55. The van der Waals surface area contributed by atoms with Crippen molar-refractivity contribution in [3.05, 3.63) is 23.7 Å². The number of aliphatic hydroxyl groups excluding tert-OH is 1. The van der Waals surface area contributed by atoms with Crippen molar-refractivity contribution in [2.75, 3.05) is 6.54 Å². The highest BCUT2D eigenvalue weighted by Crippen LogP contribution is 2.10. The molecule has 1 unspecified atom stereocenters. The van der Waals surface area contributed by atoms with Crippen LogP contribution in [0.3, 0.4) is 0 Å². The van der Waals surface area contributed by atoms with Gasteiger partial charge in [-0.05, 0) is 18.6 Å². The third-order valence-corrected chi connectivity index (χ3v) is 1.66. The molecule has 0 radical (unpaired) electrons. The van der Waals surface area contributed by atoms with E-state index in [4.69, 9.17) is 15.3 Å². The van der Waals surface area contributed by atoms with Crippen molar-refractivity contribution in [3.8, 4) is 0 Å². The number of rotatable bonds is 3. The van der Waals surface area contributed by atoms with Crippen molar-refractivity contribution < 1.29 is 9.52 Å². The molecule has 1 heterocycles. The van der Waals surface area contributed by atoms with E-state index in [1.165, 1.54) is 0 Å². The van der Waals surface area contributed by atoms with Crippen LogP contribution in [0, 0.1) is 6.92 Å². The van der Waals surface area contributed by atoms with Crippen LogP contribution in [0.2, 0.25) is 0 Å². The quantitative estimate of drug-likeness (QED) is 0.666. The summed E-state index contributed by atoms with van der Waals surface area (Å²) in [7, 11) is 0. The fourth-order valence-corrected chi connectivity index (χ4v) is 0.911. The summed E-state index contributed by atoms with van der Waals surface area (Å²) in [5, 5.41) is 9.17. The monoisotopic (exact) mass is 155 g/mol. The molecule has 1 rings (SSSR count). The van der Waals surface area contributed by atoms with Gasteiger partial charge < -0.3 is 15.3 Å². The van der Waals surface area contributed by atoms with E-state index in [2.05, 4.69) is 0 Å². The summed E-state index contributed by atoms with van der Waals surface area (Å²) in [5.41, 5.74) is 6.31. The molecule has 11 heavy (non-hydrogen) atoms. The summed E-state index contributed by atoms with van der Waals surface area (Å²) < 4.78 is 5.12. The maximum absolute atomic E-state index is 9.17. The van der Waals surface area contributed by atoms with Crippen LogP contribution in [0.1, 0.15) is 11.3 Å². The van der Waals surface area contributed by atoms with Gasteiger partial charge in [-0.25, -0.2) is 0 Å². The van der Waals surface area contributed by atoms with Crippen LogP contribution in [0.15, 0.2) is 16.7 Å². The minimum atomic E-state index is -0.486. The molecule has 0 aromatic carbocycles. The predicted octanol–water partition coefficient (Wildman–Crippen LogP) is 0.450. The van der Waals surface area contributed by atoms with Gasteiger partial charge in [-0.1, -0.05) is 0 Å². The van der Waals surface area contributed by atoms with Crippen LogP contribution in [0.25, 0.3) is 0 Å². The first-order valence-corrected chi connectivity index (χ1v) is 3.65. The predicted molar refractivity (Wildman–Crippen MR) is 42.2 cm³/mol. The summed E-state index contributed by atoms with van der Waals surface area (Å²) in [5.74, 6) is 0.822. The second-order valence-electron chi connectivity index (χ2n) is 2.62. The highest BCUT2D eigenvalue weighted by atomic mass is 16.3. The van der Waals surface area contributed by atoms with Gasteiger partial charge in [0.1, 0.15) is 5.76 Å². The van der Waals surface area contributed by atoms with Crippen molar-refractivity contribution in [1.29, 1.82) is 0 Å². The summed E-state index contributed by atoms with van der Waals surface area (Å²) >= 11 is 0. The van der Waals surface area contributed by atoms with E-state index in [0.717, 1.165) is 11.3 Å². The van der Waals surface area contributed by atoms with Gasteiger partial charge in [0.15, 0.2) is 0 Å². The molecule has 0 amide bonds. The molecule has 3 heteroatoms. The van der Waals surface area contributed by atoms with E-state index >= 15 is 0 Å². The van der Waals surface area contributed by atoms with Crippen LogP contribution in [-0.4, -0.2) is 17.8 Å². The molecule has 0 aliphatic rings. The standard InChI is InChI=1S/C8H13NO2/c1-6-2-3-11-8(6)4-7(10)5-9/h2-3,7,10H,4-5,9H2,1H3. The number of nitrogens with two attached hydrogens (primary N) is 1. The molecule has 3 N–H and O–H groups in total. The normalized spacial score (nSPS) is 13.4. The Labute approximate surface area is 65.8 Å². The maximum Gasteiger partial charge on any atom is 0.109 e. The first-order chi connectivity index (χ1) is 5.24. The molecule has 0 fully saturated rings. The maximum atomic E-state index is 9.17. The van der Waals surface area contributed by atoms with Crippen LogP contribution < -0.4 is 5.73 Å². The van der Waals surface area contributed by atoms with Crippen LogP contribution in [0.5, 0.6) is 0 Å². The molecule has 0 bridgehead atoms. The van der Waals surface area contributed by atoms with Gasteiger partial charge in [-0.15, -0.1) is 0 Å². The van der Waals surface area contributed by atoms with E-state index in [1.807, 2.05) is 13.0 Å². The number of aryl methyl sites for hydroxylation is 1. The lowest BCUT2D eigenvalue weighted by molar-refractivity contribution is 0.175. The summed E-state index contributed by atoms with van der Waals surface area (Å²) in [6.45, 7) is 2.22. The molecule has 1 aromatic rings. The average Bonchev–Trinajstić information content (AvgIpc) is 2.37. The van der Waals surface area contributed by atoms with Crippen LogP contribution in [0.4, 0.5) is 0 Å². The molecular weight excluding hydrogens is 142 g/mol. The molecule has 0 aliphatic carbocycles. The average molecular weight is 155 g/mol. The van der Waals surface area contributed by atoms with Crippen molar-refractivity contribution in [3.63, 3.8) is 0 Å². The topological polar surface area (TPSA) is 59.4 Å². The lowest BCUT2D eigenvalue weighted by atomic mass is 10.1. The first kappa shape index (κ1) is 8.30. The van der Waals surface area contributed by atoms with Crippen LogP contribution in [-0.2, 0) is 6.42 Å². The smallest absolute Gasteiger partial charge is 0.109 e. The number of hydrogen-bond donors (Lipinski definition) is 2. The largest absolute Gasteiger partial charge is 0.469 e. The lowest BCUT2D eigenvalue weighted by Gasteiger charge is -2.04. The van der Waals surface area contributed by atoms with E-state index in [1.54, 1.807) is 6.26 Å². The van der Waals surface area contributed by atoms with E-state index in [-0.39, 0.29) is 6.54 Å². The number of furan rings is 1. The van der Waals surface area contributed by atoms with Gasteiger partial charge in [-0.3, -0.25) is 0 Å². The molecule has 0 saturated carbocycles. The van der Waals surface area contributed by atoms with Gasteiger partial charge in [0.25, 0.3) is 0 Å². The number of hydrogen-bond acceptors (Lipinski definition) is 3. The van der Waals surface area contributed by atoms with E-state index < -0.39 is 6.10 Å². The molecule has 0 spiro atoms. The highest BCUT2D eigenvalue weighted by molar-refractivity contribution is 5.15. The van der Waals surface area contributed by atoms with Crippen molar-refractivity contribution in [1.82, 2.24) is 0 Å². The third kappa shape index (κ3) is 2.06. The Morgan fingerprint density at radius 2 is 2.45 bits per heavy atom. The zero-order chi connectivity index (χ0) is 8.27. The second-order valence-corrected chi connectivity index (χ2v) is 2.62. The molecule has 1 aromatic heterocycles. The fourth-order valence-electron chi connectivity index (χ4n) is 0.911. The van der Waals surface area contributed by atoms with Gasteiger partial charge in [0.2, 0.25) is 0 Å². The minimum Gasteiger partial charge on any atom is -0.469 e.